The SMILES string of the molecule is CC(C)(C)OC(=O)OC1C2CC3CC1CC(COC(=O)CCC(=O)OCC(F)(F)S(=O)(=O)O)(C3)C2. The van der Waals surface area contributed by atoms with E-state index in [-0.39, 0.29) is 30.0 Å². The first-order valence-corrected chi connectivity index (χ1v) is 13.0. The standard InChI is InChI=1S/C22H32F2O10S/c1-20(2,3)34-19(27)33-18-14-6-13-7-15(18)10-21(8-13,9-14)11-31-16(25)4-5-17(26)32-12-22(23,24)35(28,29)30/h13-15,18H,4-12H2,1-3H3,(H,28,29,30). The quantitative estimate of drug-likeness (QED) is 0.269. The first-order valence-electron chi connectivity index (χ1n) is 11.5. The van der Waals surface area contributed by atoms with Crippen molar-refractivity contribution in [1.29, 1.82) is 0 Å². The summed E-state index contributed by atoms with van der Waals surface area (Å²) in [5.41, 5.74) is -0.889. The highest BCUT2D eigenvalue weighted by Crippen LogP contribution is 2.60. The average molecular weight is 527 g/mol. The van der Waals surface area contributed by atoms with Crippen molar-refractivity contribution in [2.24, 2.45) is 23.2 Å². The molecular weight excluding hydrogens is 494 g/mol. The van der Waals surface area contributed by atoms with Crippen LogP contribution in [0.25, 0.3) is 0 Å². The summed E-state index contributed by atoms with van der Waals surface area (Å²) < 4.78 is 76.1. The molecule has 0 spiro atoms. The fourth-order valence-electron chi connectivity index (χ4n) is 5.72. The van der Waals surface area contributed by atoms with Crippen LogP contribution >= 0.6 is 0 Å². The van der Waals surface area contributed by atoms with E-state index in [2.05, 4.69) is 4.74 Å². The normalized spacial score (nSPS) is 30.0. The van der Waals surface area contributed by atoms with E-state index in [4.69, 9.17) is 18.8 Å². The number of halogens is 2. The van der Waals surface area contributed by atoms with E-state index in [1.54, 1.807) is 20.8 Å². The van der Waals surface area contributed by atoms with Crippen molar-refractivity contribution in [3.8, 4) is 0 Å². The second kappa shape index (κ2) is 9.79. The summed E-state index contributed by atoms with van der Waals surface area (Å²) in [6.45, 7) is 3.60. The first-order chi connectivity index (χ1) is 16.0. The van der Waals surface area contributed by atoms with Gasteiger partial charge in [0.15, 0.2) is 6.61 Å². The van der Waals surface area contributed by atoms with Gasteiger partial charge >= 0.3 is 33.5 Å². The number of esters is 2. The Morgan fingerprint density at radius 1 is 0.971 bits per heavy atom. The van der Waals surface area contributed by atoms with Gasteiger partial charge in [0.05, 0.1) is 19.4 Å². The minimum atomic E-state index is -5.72. The lowest BCUT2D eigenvalue weighted by Crippen LogP contribution is -2.56. The summed E-state index contributed by atoms with van der Waals surface area (Å²) in [7, 11) is -5.72. The molecule has 4 rings (SSSR count). The zero-order valence-electron chi connectivity index (χ0n) is 20.0. The maximum absolute atomic E-state index is 13.1. The fourth-order valence-corrected chi connectivity index (χ4v) is 5.93. The lowest BCUT2D eigenvalue weighted by atomic mass is 9.49. The molecule has 13 heteroatoms. The molecule has 0 radical (unpaired) electrons. The van der Waals surface area contributed by atoms with Crippen LogP contribution in [0, 0.1) is 23.2 Å². The van der Waals surface area contributed by atoms with Crippen LogP contribution in [0.15, 0.2) is 0 Å². The molecule has 200 valence electrons. The number of carbonyl (C=O) groups is 3. The zero-order valence-corrected chi connectivity index (χ0v) is 20.8. The van der Waals surface area contributed by atoms with E-state index in [0.717, 1.165) is 32.1 Å². The second-order valence-electron chi connectivity index (χ2n) is 11.0. The number of carbonyl (C=O) groups excluding carboxylic acids is 3. The van der Waals surface area contributed by atoms with Crippen molar-refractivity contribution in [2.75, 3.05) is 13.2 Å². The van der Waals surface area contributed by atoms with Gasteiger partial charge in [0, 0.05) is 5.41 Å². The molecule has 4 aliphatic carbocycles. The third kappa shape index (κ3) is 7.02. The number of hydrogen-bond donors (Lipinski definition) is 1. The summed E-state index contributed by atoms with van der Waals surface area (Å²) in [6, 6.07) is 0. The molecule has 35 heavy (non-hydrogen) atoms. The van der Waals surface area contributed by atoms with Gasteiger partial charge in [-0.05, 0) is 70.6 Å². The van der Waals surface area contributed by atoms with Gasteiger partial charge in [0.25, 0.3) is 0 Å². The fraction of sp³-hybridized carbons (Fsp3) is 0.864. The largest absolute Gasteiger partial charge is 0.509 e. The third-order valence-corrected chi connectivity index (χ3v) is 7.66. The highest BCUT2D eigenvalue weighted by molar-refractivity contribution is 7.86. The Kier molecular flexibility index (Phi) is 7.71. The first kappa shape index (κ1) is 27.6. The van der Waals surface area contributed by atoms with E-state index in [0.29, 0.717) is 5.92 Å². The van der Waals surface area contributed by atoms with Crippen molar-refractivity contribution in [2.45, 2.75) is 82.7 Å². The van der Waals surface area contributed by atoms with Crippen LogP contribution in [0.3, 0.4) is 0 Å². The molecule has 0 aromatic heterocycles. The van der Waals surface area contributed by atoms with Crippen molar-refractivity contribution < 1.29 is 55.1 Å². The minimum absolute atomic E-state index is 0.143. The third-order valence-electron chi connectivity index (χ3n) is 6.79. The number of ether oxygens (including phenoxy) is 4. The van der Waals surface area contributed by atoms with Gasteiger partial charge in [-0.3, -0.25) is 14.1 Å². The van der Waals surface area contributed by atoms with Gasteiger partial charge in [0.1, 0.15) is 11.7 Å². The van der Waals surface area contributed by atoms with Crippen molar-refractivity contribution >= 4 is 28.2 Å². The Bertz CT molecular complexity index is 926. The molecule has 0 heterocycles. The molecule has 4 bridgehead atoms. The van der Waals surface area contributed by atoms with Crippen molar-refractivity contribution in [3.05, 3.63) is 0 Å². The van der Waals surface area contributed by atoms with Gasteiger partial charge in [0.2, 0.25) is 0 Å². The van der Waals surface area contributed by atoms with E-state index >= 15 is 0 Å². The van der Waals surface area contributed by atoms with Gasteiger partial charge in [-0.1, -0.05) is 0 Å². The summed E-state index contributed by atoms with van der Waals surface area (Å²) in [5.74, 6) is -1.19. The van der Waals surface area contributed by atoms with E-state index in [9.17, 15) is 31.6 Å². The van der Waals surface area contributed by atoms with E-state index in [1.165, 1.54) is 0 Å². The van der Waals surface area contributed by atoms with Gasteiger partial charge in [-0.25, -0.2) is 4.79 Å². The molecule has 0 saturated heterocycles. The molecule has 4 saturated carbocycles. The summed E-state index contributed by atoms with van der Waals surface area (Å²) in [4.78, 5) is 35.9. The van der Waals surface area contributed by atoms with Crippen LogP contribution in [0.2, 0.25) is 0 Å². The summed E-state index contributed by atoms with van der Waals surface area (Å²) in [5, 5.41) is -4.63. The molecular formula is C22H32F2O10S. The average Bonchev–Trinajstić information content (AvgIpc) is 2.69. The smallest absolute Gasteiger partial charge is 0.465 e. The lowest BCUT2D eigenvalue weighted by Gasteiger charge is -2.58. The number of alkyl halides is 2. The Hall–Kier alpha value is -2.02. The molecule has 2 atom stereocenters. The summed E-state index contributed by atoms with van der Waals surface area (Å²) >= 11 is 0. The van der Waals surface area contributed by atoms with Gasteiger partial charge < -0.3 is 18.9 Å². The van der Waals surface area contributed by atoms with Crippen LogP contribution in [-0.2, 0) is 38.7 Å². The van der Waals surface area contributed by atoms with Crippen LogP contribution in [-0.4, -0.2) is 61.2 Å². The van der Waals surface area contributed by atoms with E-state index < -0.39 is 58.5 Å². The molecule has 10 nitrogen and oxygen atoms in total. The molecule has 2 unspecified atom stereocenters. The Labute approximate surface area is 202 Å². The van der Waals surface area contributed by atoms with Crippen molar-refractivity contribution in [3.63, 3.8) is 0 Å². The summed E-state index contributed by atoms with van der Waals surface area (Å²) in [6.07, 6.45) is 2.29. The van der Waals surface area contributed by atoms with Crippen LogP contribution < -0.4 is 0 Å². The van der Waals surface area contributed by atoms with Gasteiger partial charge in [-0.2, -0.15) is 17.2 Å². The molecule has 0 aliphatic heterocycles. The monoisotopic (exact) mass is 526 g/mol. The van der Waals surface area contributed by atoms with Crippen molar-refractivity contribution in [1.82, 2.24) is 0 Å². The molecule has 0 aromatic carbocycles. The van der Waals surface area contributed by atoms with Gasteiger partial charge in [-0.15, -0.1) is 0 Å². The highest BCUT2D eigenvalue weighted by atomic mass is 32.2. The van der Waals surface area contributed by atoms with Crippen LogP contribution in [0.1, 0.15) is 65.7 Å². The molecule has 0 amide bonds. The molecule has 1 N–H and O–H groups in total. The second-order valence-corrected chi connectivity index (χ2v) is 12.5. The van der Waals surface area contributed by atoms with Crippen LogP contribution in [0.4, 0.5) is 13.6 Å². The number of hydrogen-bond acceptors (Lipinski definition) is 9. The highest BCUT2D eigenvalue weighted by Gasteiger charge is 2.57. The van der Waals surface area contributed by atoms with Crippen LogP contribution in [0.5, 0.6) is 0 Å². The zero-order chi connectivity index (χ0) is 26.2. The predicted octanol–water partition coefficient (Wildman–Crippen LogP) is 3.48. The Morgan fingerprint density at radius 3 is 2.03 bits per heavy atom. The Morgan fingerprint density at radius 2 is 1.51 bits per heavy atom. The maximum Gasteiger partial charge on any atom is 0.509 e. The maximum atomic E-state index is 13.1. The van der Waals surface area contributed by atoms with E-state index in [1.807, 2.05) is 0 Å². The topological polar surface area (TPSA) is 142 Å². The molecule has 0 aromatic rings. The minimum Gasteiger partial charge on any atom is -0.465 e. The Balaban J connectivity index is 1.45. The molecule has 4 fully saturated rings. The predicted molar refractivity (Wildman–Crippen MR) is 115 cm³/mol. The number of rotatable bonds is 9. The molecule has 4 aliphatic rings. The lowest BCUT2D eigenvalue weighted by molar-refractivity contribution is -0.176.